The number of hydrogen-bond donors (Lipinski definition) is 3. The van der Waals surface area contributed by atoms with Gasteiger partial charge in [0.1, 0.15) is 0 Å². The summed E-state index contributed by atoms with van der Waals surface area (Å²) in [5, 5.41) is 19.0. The zero-order chi connectivity index (χ0) is 61.8. The molecule has 0 bridgehead atoms. The van der Waals surface area contributed by atoms with Gasteiger partial charge in [0.05, 0.1) is 69.4 Å². The van der Waals surface area contributed by atoms with Crippen LogP contribution in [0.2, 0.25) is 10.0 Å². The number of nitrogens with zero attached hydrogens (tertiary/aromatic N) is 9. The molecular formula is C56H48Cl4N12O10S4Sn. The van der Waals surface area contributed by atoms with E-state index in [4.69, 9.17) is 46.8 Å². The van der Waals surface area contributed by atoms with Gasteiger partial charge < -0.3 is 16.4 Å². The standard InChI is InChI=1S/C28H23ClN6O6S2.C28H25ClN6O4S2.2ClH.Sn/c29-25-16-30-28(31-19-14-15-33(17-19)42(38,39)22-12-10-20(11-13-22)35(36)37)32-27(25)24-18-34(26-9-5-4-8-23(24)26)43(40,41)21-6-2-1-3-7-21;29-25-16-31-28(32-20-14-15-34(17-20)40(36,37)22-12-10-19(30)11-13-22)33-27(25)24-18-35(26-9-5-4-8-23(24)26)41(38,39)21-6-2-1-3-7-21;;;/h1-13,16,18-19H,14-15,17H2,(H,30,31,32);1-13,16,18,20H,14-15,17,30H2,(H,31,32,33);2*1H;/q;;;;+2/p-2/t19-;20-;;;/m11.../s1. The number of nitrogens with one attached hydrogen (secondary N) is 2. The summed E-state index contributed by atoms with van der Waals surface area (Å²) in [6.07, 6.45) is 6.86. The van der Waals surface area contributed by atoms with Crippen LogP contribution in [0.25, 0.3) is 44.3 Å². The van der Waals surface area contributed by atoms with Crippen molar-refractivity contribution in [1.82, 2.24) is 36.5 Å². The van der Waals surface area contributed by atoms with Gasteiger partial charge in [-0.2, -0.15) is 8.61 Å². The van der Waals surface area contributed by atoms with Gasteiger partial charge in [0.25, 0.3) is 25.7 Å². The second kappa shape index (κ2) is 26.4. The number of benzene rings is 6. The van der Waals surface area contributed by atoms with E-state index in [-0.39, 0.29) is 78.9 Å². The van der Waals surface area contributed by atoms with Crippen molar-refractivity contribution in [2.45, 2.75) is 44.5 Å². The molecule has 2 saturated heterocycles. The van der Waals surface area contributed by atoms with Crippen LogP contribution in [0.1, 0.15) is 12.8 Å². The van der Waals surface area contributed by atoms with E-state index in [1.807, 2.05) is 12.1 Å². The molecule has 10 aromatic rings. The molecule has 22 nitrogen and oxygen atoms in total. The Morgan fingerprint density at radius 3 is 1.26 bits per heavy atom. The van der Waals surface area contributed by atoms with Crippen molar-refractivity contribution in [2.24, 2.45) is 0 Å². The molecule has 0 unspecified atom stereocenters. The quantitative estimate of drug-likeness (QED) is 0.0372. The van der Waals surface area contributed by atoms with Gasteiger partial charge in [0.15, 0.2) is 0 Å². The first kappa shape index (κ1) is 63.1. The van der Waals surface area contributed by atoms with E-state index in [9.17, 15) is 43.8 Å². The summed E-state index contributed by atoms with van der Waals surface area (Å²) in [4.78, 5) is 28.6. The number of hydrogen-bond acceptors (Lipinski definition) is 17. The Morgan fingerprint density at radius 1 is 0.517 bits per heavy atom. The molecule has 0 spiro atoms. The molecule has 2 aliphatic rings. The van der Waals surface area contributed by atoms with Crippen LogP contribution in [0, 0.1) is 10.1 Å². The van der Waals surface area contributed by atoms with Crippen molar-refractivity contribution in [3.05, 3.63) is 203 Å². The topological polar surface area (TPSA) is 298 Å². The van der Waals surface area contributed by atoms with Gasteiger partial charge in [0, 0.05) is 90.4 Å². The number of halogens is 4. The van der Waals surface area contributed by atoms with Gasteiger partial charge in [-0.3, -0.25) is 10.1 Å². The number of non-ortho nitro benzene ring substituents is 1. The summed E-state index contributed by atoms with van der Waals surface area (Å²) in [5.41, 5.74) is 8.60. The normalized spacial score (nSPS) is 15.8. The van der Waals surface area contributed by atoms with Gasteiger partial charge in [0.2, 0.25) is 31.9 Å². The van der Waals surface area contributed by atoms with Crippen LogP contribution < -0.4 is 16.4 Å². The Hall–Kier alpha value is -6.96. The first-order valence-electron chi connectivity index (χ1n) is 26.1. The first-order valence-corrected chi connectivity index (χ1v) is 39.8. The number of para-hydroxylation sites is 2. The third-order valence-corrected chi connectivity index (χ3v) is 21.8. The third-order valence-electron chi connectivity index (χ3n) is 14.1. The number of sulfonamides is 2. The van der Waals surface area contributed by atoms with Gasteiger partial charge >= 0.3 is 36.7 Å². The zero-order valence-corrected chi connectivity index (χ0v) is 54.2. The Bertz CT molecular complexity index is 4660. The number of nitrogen functional groups attached to an aromatic ring is 1. The van der Waals surface area contributed by atoms with Crippen LogP contribution in [-0.4, -0.2) is 132 Å². The second-order valence-electron chi connectivity index (χ2n) is 19.5. The molecule has 2 atom stereocenters. The molecule has 0 amide bonds. The molecule has 2 radical (unpaired) electrons. The van der Waals surface area contributed by atoms with E-state index in [1.54, 1.807) is 97.1 Å². The maximum atomic E-state index is 13.5. The van der Waals surface area contributed by atoms with E-state index >= 15 is 0 Å². The van der Waals surface area contributed by atoms with E-state index in [0.29, 0.717) is 69.4 Å². The van der Waals surface area contributed by atoms with Crippen molar-refractivity contribution in [3.8, 4) is 22.5 Å². The van der Waals surface area contributed by atoms with Crippen molar-refractivity contribution >= 4 is 145 Å². The van der Waals surface area contributed by atoms with Gasteiger partial charge in [-0.05, 0) is 85.6 Å². The van der Waals surface area contributed by atoms with E-state index in [1.165, 1.54) is 77.7 Å². The number of fused-ring (bicyclic) bond motifs is 2. The SMILES string of the molecule is Nc1ccc(S(=O)(=O)N2CC[C@@H](Nc3ncc(Cl)c(-c4cn(S(=O)(=O)c5ccccc5)c5ccccc45)n3)C2)cc1.O=[N+]([O-])c1ccc(S(=O)(=O)N2CC[C@@H](Nc3ncc(Cl)c(-c4cn(S(=O)(=O)c5ccccc5)c5ccccc45)n3)C2)cc1.[Cl][Sn][Cl]. The summed E-state index contributed by atoms with van der Waals surface area (Å²) >= 11 is 12.2. The van der Waals surface area contributed by atoms with Crippen LogP contribution in [0.3, 0.4) is 0 Å². The fourth-order valence-electron chi connectivity index (χ4n) is 9.91. The molecule has 0 aliphatic carbocycles. The number of nitro benzene ring substituents is 1. The Kier molecular flexibility index (Phi) is 19.1. The first-order chi connectivity index (χ1) is 41.6. The fraction of sp³-hybridized carbons (Fsp3) is 0.143. The molecule has 87 heavy (non-hydrogen) atoms. The van der Waals surface area contributed by atoms with E-state index in [2.05, 4.69) is 30.6 Å². The number of nitrogens with two attached hydrogens (primary N) is 1. The minimum atomic E-state index is -3.93. The van der Waals surface area contributed by atoms with E-state index in [0.717, 1.165) is 12.1 Å². The monoisotopic (exact) mass is 1440 g/mol. The summed E-state index contributed by atoms with van der Waals surface area (Å²) in [6.45, 7) is 0.899. The molecule has 2 fully saturated rings. The molecular weight excluding hydrogens is 1390 g/mol. The second-order valence-corrected chi connectivity index (χ2v) is 32.1. The van der Waals surface area contributed by atoms with Crippen LogP contribution in [0.15, 0.2) is 202 Å². The Balaban J connectivity index is 0.000000185. The van der Waals surface area contributed by atoms with Crippen molar-refractivity contribution in [3.63, 3.8) is 0 Å². The third kappa shape index (κ3) is 13.4. The van der Waals surface area contributed by atoms with Gasteiger partial charge in [-0.1, -0.05) is 96.0 Å². The number of rotatable bonds is 15. The van der Waals surface area contributed by atoms with Gasteiger partial charge in [-0.25, -0.2) is 61.6 Å². The number of aromatic nitrogens is 6. The van der Waals surface area contributed by atoms with E-state index < -0.39 is 63.9 Å². The van der Waals surface area contributed by atoms with Crippen molar-refractivity contribution in [2.75, 3.05) is 42.5 Å². The van der Waals surface area contributed by atoms with Gasteiger partial charge in [-0.15, -0.1) is 0 Å². The van der Waals surface area contributed by atoms with Crippen molar-refractivity contribution in [1.29, 1.82) is 0 Å². The molecule has 4 aromatic heterocycles. The molecule has 2 aliphatic heterocycles. The molecule has 12 rings (SSSR count). The molecule has 4 N–H and O–H groups in total. The predicted molar refractivity (Wildman–Crippen MR) is 337 cm³/mol. The number of nitro groups is 1. The summed E-state index contributed by atoms with van der Waals surface area (Å²) < 4.78 is 112. The Labute approximate surface area is 527 Å². The molecule has 31 heteroatoms. The molecule has 6 heterocycles. The maximum absolute atomic E-state index is 13.5. The van der Waals surface area contributed by atoms with Crippen LogP contribution in [0.4, 0.5) is 23.3 Å². The van der Waals surface area contributed by atoms with Crippen LogP contribution in [-0.2, 0) is 40.1 Å². The summed E-state index contributed by atoms with van der Waals surface area (Å²) in [6, 6.07) is 40.7. The Morgan fingerprint density at radius 2 is 0.874 bits per heavy atom. The molecule has 448 valence electrons. The molecule has 6 aromatic carbocycles. The summed E-state index contributed by atoms with van der Waals surface area (Å²) in [7, 11) is -5.51. The fourth-order valence-corrected chi connectivity index (χ4v) is 16.1. The average molecular weight is 1440 g/mol. The van der Waals surface area contributed by atoms with Crippen molar-refractivity contribution < 1.29 is 38.6 Å². The molecule has 0 saturated carbocycles. The zero-order valence-electron chi connectivity index (χ0n) is 45.0. The average Bonchev–Trinajstić information content (AvgIpc) is 1.83. The number of anilines is 3. The van der Waals surface area contributed by atoms with Crippen LogP contribution >= 0.6 is 41.0 Å². The van der Waals surface area contributed by atoms with Crippen LogP contribution in [0.5, 0.6) is 0 Å². The minimum absolute atomic E-state index is 0.0365. The summed E-state index contributed by atoms with van der Waals surface area (Å²) in [5.74, 6) is 0.450. The predicted octanol–water partition coefficient (Wildman–Crippen LogP) is 10.2.